The van der Waals surface area contributed by atoms with Crippen LogP contribution in [-0.4, -0.2) is 25.2 Å². The molecule has 0 saturated heterocycles. The fraction of sp³-hybridized carbons (Fsp3) is 0.444. The summed E-state index contributed by atoms with van der Waals surface area (Å²) < 4.78 is 16.5. The van der Waals surface area contributed by atoms with Crippen molar-refractivity contribution in [1.82, 2.24) is 0 Å². The molecule has 0 N–H and O–H groups in total. The third-order valence-electron chi connectivity index (χ3n) is 7.37. The van der Waals surface area contributed by atoms with Gasteiger partial charge in [0.25, 0.3) is 0 Å². The second-order valence-corrected chi connectivity index (χ2v) is 10.9. The second kappa shape index (κ2) is 17.3. The number of benzene rings is 3. The molecule has 0 heterocycles. The maximum absolute atomic E-state index is 12.1. The molecule has 5 nitrogen and oxygen atoms in total. The molecule has 0 saturated carbocycles. The Bertz CT molecular complexity index is 1200. The van der Waals surface area contributed by atoms with Gasteiger partial charge in [-0.3, -0.25) is 4.79 Å². The topological polar surface area (TPSA) is 61.8 Å². The summed E-state index contributed by atoms with van der Waals surface area (Å²) in [5.74, 6) is 1.47. The van der Waals surface area contributed by atoms with Crippen LogP contribution in [0.2, 0.25) is 0 Å². The molecule has 0 aliphatic carbocycles. The highest BCUT2D eigenvalue weighted by molar-refractivity contribution is 5.89. The van der Waals surface area contributed by atoms with Crippen LogP contribution in [-0.2, 0) is 33.7 Å². The van der Waals surface area contributed by atoms with Gasteiger partial charge in [-0.1, -0.05) is 81.3 Å². The van der Waals surface area contributed by atoms with E-state index >= 15 is 0 Å². The second-order valence-electron chi connectivity index (χ2n) is 10.9. The van der Waals surface area contributed by atoms with E-state index in [1.54, 1.807) is 0 Å². The lowest BCUT2D eigenvalue weighted by molar-refractivity contribution is -0.143. The van der Waals surface area contributed by atoms with E-state index in [2.05, 4.69) is 56.3 Å². The average Bonchev–Trinajstić information content (AvgIpc) is 2.98. The van der Waals surface area contributed by atoms with Gasteiger partial charge in [-0.15, -0.1) is 0 Å². The number of para-hydroxylation sites is 1. The van der Waals surface area contributed by atoms with Crippen molar-refractivity contribution in [3.8, 4) is 5.75 Å². The zero-order chi connectivity index (χ0) is 29.5. The van der Waals surface area contributed by atoms with Gasteiger partial charge in [-0.25, -0.2) is 4.79 Å². The molecule has 3 rings (SSSR count). The Labute approximate surface area is 246 Å². The van der Waals surface area contributed by atoms with Gasteiger partial charge in [0.1, 0.15) is 12.4 Å². The van der Waals surface area contributed by atoms with Crippen LogP contribution in [0.15, 0.2) is 72.8 Å². The lowest BCUT2D eigenvalue weighted by atomic mass is 9.88. The van der Waals surface area contributed by atoms with Crippen LogP contribution in [0.3, 0.4) is 0 Å². The van der Waals surface area contributed by atoms with E-state index in [9.17, 15) is 9.59 Å². The lowest BCUT2D eigenvalue weighted by Crippen LogP contribution is -2.09. The molecule has 0 aromatic heterocycles. The third-order valence-corrected chi connectivity index (χ3v) is 7.37. The number of hydrogen-bond acceptors (Lipinski definition) is 5. The highest BCUT2D eigenvalue weighted by atomic mass is 16.5. The van der Waals surface area contributed by atoms with Crippen molar-refractivity contribution in [3.63, 3.8) is 0 Å². The average molecular weight is 559 g/mol. The highest BCUT2D eigenvalue weighted by Gasteiger charge is 2.14. The van der Waals surface area contributed by atoms with Crippen molar-refractivity contribution in [3.05, 3.63) is 101 Å². The van der Waals surface area contributed by atoms with E-state index in [1.807, 2.05) is 44.2 Å². The Morgan fingerprint density at radius 1 is 0.756 bits per heavy atom. The number of esters is 2. The Hall–Kier alpha value is -3.60. The predicted octanol–water partition coefficient (Wildman–Crippen LogP) is 8.48. The number of unbranched alkanes of at least 4 members (excludes halogenated alkanes) is 1. The first-order valence-corrected chi connectivity index (χ1v) is 15.1. The minimum atomic E-state index is -0.290. The fourth-order valence-electron chi connectivity index (χ4n) is 4.98. The Kier molecular flexibility index (Phi) is 13.4. The van der Waals surface area contributed by atoms with Crippen molar-refractivity contribution in [2.45, 2.75) is 85.2 Å². The summed E-state index contributed by atoms with van der Waals surface area (Å²) in [6, 6.07) is 24.7. The van der Waals surface area contributed by atoms with Crippen molar-refractivity contribution in [2.24, 2.45) is 5.92 Å². The fourth-order valence-corrected chi connectivity index (χ4v) is 4.98. The molecule has 0 spiro atoms. The molecule has 1 unspecified atom stereocenters. The van der Waals surface area contributed by atoms with Gasteiger partial charge < -0.3 is 14.2 Å². The molecule has 1 atom stereocenters. The van der Waals surface area contributed by atoms with Crippen LogP contribution in [0.4, 0.5) is 0 Å². The summed E-state index contributed by atoms with van der Waals surface area (Å²) in [6.45, 7) is 9.39. The maximum atomic E-state index is 12.1. The molecular formula is C36H46O5. The molecular weight excluding hydrogens is 512 g/mol. The lowest BCUT2D eigenvalue weighted by Gasteiger charge is -2.19. The monoisotopic (exact) mass is 558 g/mol. The van der Waals surface area contributed by atoms with E-state index < -0.39 is 0 Å². The molecule has 0 aliphatic heterocycles. The Balaban J connectivity index is 1.63. The van der Waals surface area contributed by atoms with Crippen molar-refractivity contribution in [1.29, 1.82) is 0 Å². The summed E-state index contributed by atoms with van der Waals surface area (Å²) in [4.78, 5) is 23.9. The predicted molar refractivity (Wildman–Crippen MR) is 164 cm³/mol. The van der Waals surface area contributed by atoms with Crippen LogP contribution < -0.4 is 4.74 Å². The van der Waals surface area contributed by atoms with E-state index in [-0.39, 0.29) is 11.9 Å². The first-order valence-electron chi connectivity index (χ1n) is 15.1. The van der Waals surface area contributed by atoms with Gasteiger partial charge in [0, 0.05) is 6.42 Å². The Morgan fingerprint density at radius 2 is 1.44 bits per heavy atom. The number of aryl methyl sites for hydroxylation is 1. The summed E-state index contributed by atoms with van der Waals surface area (Å²) >= 11 is 0. The first-order chi connectivity index (χ1) is 19.9. The number of carbonyl (C=O) groups excluding carboxylic acids is 2. The smallest absolute Gasteiger partial charge is 0.338 e. The minimum absolute atomic E-state index is 0.122. The number of rotatable bonds is 17. The van der Waals surface area contributed by atoms with Crippen LogP contribution >= 0.6 is 0 Å². The third kappa shape index (κ3) is 11.1. The van der Waals surface area contributed by atoms with Gasteiger partial charge in [-0.05, 0) is 91.8 Å². The largest absolute Gasteiger partial charge is 0.489 e. The summed E-state index contributed by atoms with van der Waals surface area (Å²) in [7, 11) is 0. The van der Waals surface area contributed by atoms with Crippen molar-refractivity contribution in [2.75, 3.05) is 13.2 Å². The Morgan fingerprint density at radius 3 is 2.12 bits per heavy atom. The van der Waals surface area contributed by atoms with Gasteiger partial charge in [0.2, 0.25) is 0 Å². The highest BCUT2D eigenvalue weighted by Crippen LogP contribution is 2.27. The number of ether oxygens (including phenoxy) is 3. The molecule has 0 fully saturated rings. The van der Waals surface area contributed by atoms with Gasteiger partial charge in [0.05, 0.1) is 18.8 Å². The zero-order valence-corrected chi connectivity index (χ0v) is 25.2. The molecule has 41 heavy (non-hydrogen) atoms. The van der Waals surface area contributed by atoms with Crippen LogP contribution in [0, 0.1) is 5.92 Å². The standard InChI is InChI=1S/C36H46O5/c1-5-39-35(37)14-10-7-11-28(25-29-16-23-33(24-17-29)36(38)40-6-2)15-22-32-12-8-9-13-34(32)41-26-30-18-20-31(21-19-30)27(3)4/h8-9,12-13,16-21,23-24,27-28H,5-7,10-11,14-15,22,25-26H2,1-4H3. The van der Waals surface area contributed by atoms with E-state index in [0.29, 0.717) is 43.6 Å². The van der Waals surface area contributed by atoms with Crippen LogP contribution in [0.25, 0.3) is 0 Å². The van der Waals surface area contributed by atoms with Gasteiger partial charge in [0.15, 0.2) is 0 Å². The van der Waals surface area contributed by atoms with Gasteiger partial charge >= 0.3 is 11.9 Å². The van der Waals surface area contributed by atoms with Crippen molar-refractivity contribution >= 4 is 11.9 Å². The summed E-state index contributed by atoms with van der Waals surface area (Å²) in [5.41, 5.74) is 5.47. The summed E-state index contributed by atoms with van der Waals surface area (Å²) in [6.07, 6.45) is 6.09. The molecule has 3 aromatic carbocycles. The molecule has 220 valence electrons. The molecule has 5 heteroatoms. The maximum Gasteiger partial charge on any atom is 0.338 e. The van der Waals surface area contributed by atoms with Gasteiger partial charge in [-0.2, -0.15) is 0 Å². The quantitative estimate of drug-likeness (QED) is 0.123. The SMILES string of the molecule is CCOC(=O)CCCCC(CCc1ccccc1OCc1ccc(C(C)C)cc1)Cc1ccc(C(=O)OCC)cc1. The summed E-state index contributed by atoms with van der Waals surface area (Å²) in [5, 5.41) is 0. The molecule has 0 aliphatic rings. The van der Waals surface area contributed by atoms with E-state index in [1.165, 1.54) is 16.7 Å². The first kappa shape index (κ1) is 31.9. The molecule has 3 aromatic rings. The molecule has 0 radical (unpaired) electrons. The molecule has 0 bridgehead atoms. The van der Waals surface area contributed by atoms with Crippen LogP contribution in [0.5, 0.6) is 5.75 Å². The number of hydrogen-bond donors (Lipinski definition) is 0. The zero-order valence-electron chi connectivity index (χ0n) is 25.2. The van der Waals surface area contributed by atoms with E-state index in [0.717, 1.165) is 49.8 Å². The number of carbonyl (C=O) groups is 2. The molecule has 0 amide bonds. The van der Waals surface area contributed by atoms with E-state index in [4.69, 9.17) is 14.2 Å². The van der Waals surface area contributed by atoms with Crippen molar-refractivity contribution < 1.29 is 23.8 Å². The minimum Gasteiger partial charge on any atom is -0.489 e. The van der Waals surface area contributed by atoms with Crippen LogP contribution in [0.1, 0.15) is 98.3 Å². The normalized spacial score (nSPS) is 11.7.